The summed E-state index contributed by atoms with van der Waals surface area (Å²) in [5.74, 6) is -0.193. The highest BCUT2D eigenvalue weighted by atomic mass is 32.2. The van der Waals surface area contributed by atoms with Crippen molar-refractivity contribution in [3.05, 3.63) is 47.3 Å². The SMILES string of the molecule is CCS(=O)(=O)N1CCC(Nc2ccc(C(=O)c3cc(F)ccc3OC)c(N)n2)CC1. The number of hydrogen-bond donors (Lipinski definition) is 2. The Morgan fingerprint density at radius 2 is 1.97 bits per heavy atom. The van der Waals surface area contributed by atoms with Crippen LogP contribution in [0.25, 0.3) is 0 Å². The third-order valence-electron chi connectivity index (χ3n) is 5.14. The van der Waals surface area contributed by atoms with Crippen LogP contribution in [0, 0.1) is 5.82 Å². The van der Waals surface area contributed by atoms with Crippen LogP contribution in [0.5, 0.6) is 5.75 Å². The topological polar surface area (TPSA) is 115 Å². The Hall–Kier alpha value is -2.72. The Bertz CT molecular complexity index is 1040. The zero-order chi connectivity index (χ0) is 21.9. The summed E-state index contributed by atoms with van der Waals surface area (Å²) in [6.45, 7) is 2.52. The number of methoxy groups -OCH3 is 1. The Labute approximate surface area is 175 Å². The first kappa shape index (κ1) is 22.0. The molecule has 1 aromatic carbocycles. The summed E-state index contributed by atoms with van der Waals surface area (Å²) < 4.78 is 44.2. The number of carbonyl (C=O) groups excluding carboxylic acids is 1. The first-order valence-electron chi connectivity index (χ1n) is 9.64. The molecular formula is C20H25FN4O4S. The van der Waals surface area contributed by atoms with Crippen LogP contribution in [-0.4, -0.2) is 55.5 Å². The molecule has 2 heterocycles. The van der Waals surface area contributed by atoms with Gasteiger partial charge in [0.2, 0.25) is 15.8 Å². The van der Waals surface area contributed by atoms with E-state index in [1.165, 1.54) is 29.6 Å². The highest BCUT2D eigenvalue weighted by Crippen LogP contribution is 2.26. The second-order valence-electron chi connectivity index (χ2n) is 7.02. The second kappa shape index (κ2) is 8.97. The molecule has 0 radical (unpaired) electrons. The molecule has 2 aromatic rings. The van der Waals surface area contributed by atoms with Crippen molar-refractivity contribution in [2.24, 2.45) is 0 Å². The van der Waals surface area contributed by atoms with Crippen molar-refractivity contribution in [2.75, 3.05) is 37.0 Å². The van der Waals surface area contributed by atoms with Crippen LogP contribution in [-0.2, 0) is 10.0 Å². The van der Waals surface area contributed by atoms with Gasteiger partial charge < -0.3 is 15.8 Å². The highest BCUT2D eigenvalue weighted by Gasteiger charge is 2.27. The molecule has 1 aliphatic rings. The second-order valence-corrected chi connectivity index (χ2v) is 9.28. The molecule has 0 amide bonds. The first-order valence-corrected chi connectivity index (χ1v) is 11.2. The van der Waals surface area contributed by atoms with Crippen LogP contribution in [0.4, 0.5) is 16.0 Å². The van der Waals surface area contributed by atoms with Crippen molar-refractivity contribution < 1.29 is 22.3 Å². The molecule has 0 bridgehead atoms. The molecular weight excluding hydrogens is 411 g/mol. The number of ether oxygens (including phenoxy) is 1. The van der Waals surface area contributed by atoms with Gasteiger partial charge in [-0.25, -0.2) is 22.1 Å². The van der Waals surface area contributed by atoms with Crippen molar-refractivity contribution in [2.45, 2.75) is 25.8 Å². The van der Waals surface area contributed by atoms with Crippen molar-refractivity contribution in [3.63, 3.8) is 0 Å². The monoisotopic (exact) mass is 436 g/mol. The molecule has 0 spiro atoms. The van der Waals surface area contributed by atoms with Crippen LogP contribution >= 0.6 is 0 Å². The number of aromatic nitrogens is 1. The number of ketones is 1. The number of carbonyl (C=O) groups is 1. The number of nitrogens with two attached hydrogens (primary N) is 1. The number of benzene rings is 1. The van der Waals surface area contributed by atoms with Crippen LogP contribution in [0.1, 0.15) is 35.7 Å². The molecule has 162 valence electrons. The number of nitrogens with zero attached hydrogens (tertiary/aromatic N) is 2. The molecule has 3 N–H and O–H groups in total. The van der Waals surface area contributed by atoms with Crippen LogP contribution < -0.4 is 15.8 Å². The van der Waals surface area contributed by atoms with Crippen LogP contribution in [0.3, 0.4) is 0 Å². The van der Waals surface area contributed by atoms with E-state index in [9.17, 15) is 17.6 Å². The van der Waals surface area contributed by atoms with E-state index in [1.54, 1.807) is 13.0 Å². The molecule has 0 unspecified atom stereocenters. The molecule has 0 saturated carbocycles. The van der Waals surface area contributed by atoms with Gasteiger partial charge in [0.15, 0.2) is 0 Å². The average Bonchev–Trinajstić information content (AvgIpc) is 2.74. The van der Waals surface area contributed by atoms with E-state index >= 15 is 0 Å². The molecule has 30 heavy (non-hydrogen) atoms. The third-order valence-corrected chi connectivity index (χ3v) is 7.02. The third kappa shape index (κ3) is 4.71. The fourth-order valence-corrected chi connectivity index (χ4v) is 4.55. The lowest BCUT2D eigenvalue weighted by molar-refractivity contribution is 0.103. The molecule has 0 atom stereocenters. The number of rotatable bonds is 7. The lowest BCUT2D eigenvalue weighted by atomic mass is 10.0. The van der Waals surface area contributed by atoms with E-state index in [0.29, 0.717) is 31.7 Å². The van der Waals surface area contributed by atoms with Crippen molar-refractivity contribution >= 4 is 27.4 Å². The summed E-state index contributed by atoms with van der Waals surface area (Å²) in [4.78, 5) is 17.1. The summed E-state index contributed by atoms with van der Waals surface area (Å²) in [5, 5.41) is 3.24. The van der Waals surface area contributed by atoms with Gasteiger partial charge in [-0.15, -0.1) is 0 Å². The van der Waals surface area contributed by atoms with Crippen LogP contribution in [0.2, 0.25) is 0 Å². The number of hydrogen-bond acceptors (Lipinski definition) is 7. The van der Waals surface area contributed by atoms with E-state index in [0.717, 1.165) is 6.07 Å². The van der Waals surface area contributed by atoms with Gasteiger partial charge in [-0.1, -0.05) is 0 Å². The maximum absolute atomic E-state index is 13.6. The highest BCUT2D eigenvalue weighted by molar-refractivity contribution is 7.89. The smallest absolute Gasteiger partial charge is 0.213 e. The Morgan fingerprint density at radius 1 is 1.27 bits per heavy atom. The van der Waals surface area contributed by atoms with E-state index in [2.05, 4.69) is 10.3 Å². The molecule has 1 fully saturated rings. The van der Waals surface area contributed by atoms with Gasteiger partial charge in [-0.3, -0.25) is 4.79 Å². The normalized spacial score (nSPS) is 15.7. The fraction of sp³-hybridized carbons (Fsp3) is 0.400. The minimum atomic E-state index is -3.18. The maximum atomic E-state index is 13.6. The zero-order valence-electron chi connectivity index (χ0n) is 16.9. The zero-order valence-corrected chi connectivity index (χ0v) is 17.7. The number of nitrogens with one attached hydrogen (secondary N) is 1. The summed E-state index contributed by atoms with van der Waals surface area (Å²) in [6, 6.07) is 6.91. The molecule has 1 saturated heterocycles. The van der Waals surface area contributed by atoms with E-state index < -0.39 is 21.6 Å². The first-order chi connectivity index (χ1) is 14.2. The van der Waals surface area contributed by atoms with Crippen molar-refractivity contribution in [1.29, 1.82) is 0 Å². The van der Waals surface area contributed by atoms with E-state index in [4.69, 9.17) is 10.5 Å². The molecule has 8 nitrogen and oxygen atoms in total. The number of halogens is 1. The summed E-state index contributed by atoms with van der Waals surface area (Å²) >= 11 is 0. The van der Waals surface area contributed by atoms with Crippen molar-refractivity contribution in [1.82, 2.24) is 9.29 Å². The predicted octanol–water partition coefficient (Wildman–Crippen LogP) is 2.27. The number of pyridine rings is 1. The van der Waals surface area contributed by atoms with Gasteiger partial charge in [-0.05, 0) is 50.1 Å². The minimum Gasteiger partial charge on any atom is -0.496 e. The fourth-order valence-electron chi connectivity index (χ4n) is 3.42. The van der Waals surface area contributed by atoms with E-state index in [-0.39, 0.29) is 34.5 Å². The van der Waals surface area contributed by atoms with Crippen molar-refractivity contribution in [3.8, 4) is 5.75 Å². The average molecular weight is 437 g/mol. The molecule has 1 aliphatic heterocycles. The van der Waals surface area contributed by atoms with Gasteiger partial charge in [0, 0.05) is 19.1 Å². The largest absolute Gasteiger partial charge is 0.496 e. The van der Waals surface area contributed by atoms with Gasteiger partial charge >= 0.3 is 0 Å². The number of anilines is 2. The number of piperidine rings is 1. The lowest BCUT2D eigenvalue weighted by Crippen LogP contribution is -2.43. The maximum Gasteiger partial charge on any atom is 0.213 e. The van der Waals surface area contributed by atoms with Crippen LogP contribution in [0.15, 0.2) is 30.3 Å². The Morgan fingerprint density at radius 3 is 2.57 bits per heavy atom. The predicted molar refractivity (Wildman–Crippen MR) is 113 cm³/mol. The quantitative estimate of drug-likeness (QED) is 0.640. The van der Waals surface area contributed by atoms with Gasteiger partial charge in [0.1, 0.15) is 23.2 Å². The Kier molecular flexibility index (Phi) is 6.57. The standard InChI is InChI=1S/C20H25FN4O4S/c1-3-30(27,28)25-10-8-14(9-11-25)23-18-7-5-15(20(22)24-18)19(26)16-12-13(21)4-6-17(16)29-2/h4-7,12,14H,3,8-11H2,1-2H3,(H3,22,23,24). The van der Waals surface area contributed by atoms with E-state index in [1.807, 2.05) is 0 Å². The number of sulfonamides is 1. The minimum absolute atomic E-state index is 0.0160. The van der Waals surface area contributed by atoms with Gasteiger partial charge in [0.25, 0.3) is 0 Å². The molecule has 1 aromatic heterocycles. The number of nitrogen functional groups attached to an aromatic ring is 1. The lowest BCUT2D eigenvalue weighted by Gasteiger charge is -2.31. The molecule has 0 aliphatic carbocycles. The summed E-state index contributed by atoms with van der Waals surface area (Å²) in [6.07, 6.45) is 1.28. The Balaban J connectivity index is 1.71. The molecule has 10 heteroatoms. The van der Waals surface area contributed by atoms with Gasteiger partial charge in [0.05, 0.1) is 24.0 Å². The van der Waals surface area contributed by atoms with Gasteiger partial charge in [-0.2, -0.15) is 0 Å². The molecule has 3 rings (SSSR count). The summed E-state index contributed by atoms with van der Waals surface area (Å²) in [5.41, 5.74) is 6.21. The summed E-state index contributed by atoms with van der Waals surface area (Å²) in [7, 11) is -1.78.